The summed E-state index contributed by atoms with van der Waals surface area (Å²) in [6, 6.07) is 6.71. The maximum Gasteiger partial charge on any atom is 0.0977 e. The maximum absolute atomic E-state index is 5.95. The van der Waals surface area contributed by atoms with Gasteiger partial charge in [0.05, 0.1) is 10.7 Å². The molecule has 1 aromatic heterocycles. The van der Waals surface area contributed by atoms with Crippen molar-refractivity contribution < 1.29 is 0 Å². The first kappa shape index (κ1) is 14.2. The normalized spacial score (nSPS) is 12.7. The molecule has 2 aromatic rings. The number of benzene rings is 1. The summed E-state index contributed by atoms with van der Waals surface area (Å²) in [5.41, 5.74) is 11.1. The Morgan fingerprint density at radius 3 is 2.21 bits per heavy atom. The smallest absolute Gasteiger partial charge is 0.0977 e. The number of aromatic nitrogens is 1. The lowest BCUT2D eigenvalue weighted by Gasteiger charge is -2.13. The summed E-state index contributed by atoms with van der Waals surface area (Å²) < 4.78 is 0. The molecule has 0 saturated heterocycles. The Balaban J connectivity index is 2.23. The van der Waals surface area contributed by atoms with Gasteiger partial charge in [0.25, 0.3) is 0 Å². The summed E-state index contributed by atoms with van der Waals surface area (Å²) in [6.45, 7) is 9.14. The number of nitrogens with zero attached hydrogens (tertiary/aromatic N) is 1. The summed E-state index contributed by atoms with van der Waals surface area (Å²) >= 11 is 1.78. The summed E-state index contributed by atoms with van der Waals surface area (Å²) in [7, 11) is 0. The fourth-order valence-electron chi connectivity index (χ4n) is 2.41. The van der Waals surface area contributed by atoms with Gasteiger partial charge in [-0.05, 0) is 39.7 Å². The molecule has 0 fully saturated rings. The van der Waals surface area contributed by atoms with Crippen LogP contribution in [0.3, 0.4) is 0 Å². The standard InChI is InChI=1S/C16H22N2S/c1-10-5-11(2)7-14(6-10)8-15(9-17)16-18-12(3)13(4)19-16/h5-7,15H,8-9,17H2,1-4H3. The van der Waals surface area contributed by atoms with E-state index in [1.165, 1.54) is 26.6 Å². The van der Waals surface area contributed by atoms with Crippen LogP contribution in [-0.4, -0.2) is 11.5 Å². The lowest BCUT2D eigenvalue weighted by Crippen LogP contribution is -2.15. The van der Waals surface area contributed by atoms with Crippen LogP contribution in [0.15, 0.2) is 18.2 Å². The van der Waals surface area contributed by atoms with Crippen LogP contribution >= 0.6 is 11.3 Å². The maximum atomic E-state index is 5.95. The van der Waals surface area contributed by atoms with Crippen molar-refractivity contribution in [2.75, 3.05) is 6.54 Å². The van der Waals surface area contributed by atoms with Crippen LogP contribution in [-0.2, 0) is 6.42 Å². The zero-order valence-corrected chi connectivity index (χ0v) is 13.0. The average molecular weight is 274 g/mol. The molecule has 0 aliphatic heterocycles. The minimum absolute atomic E-state index is 0.332. The van der Waals surface area contributed by atoms with E-state index in [9.17, 15) is 0 Å². The minimum atomic E-state index is 0.332. The summed E-state index contributed by atoms with van der Waals surface area (Å²) in [5.74, 6) is 0.332. The lowest BCUT2D eigenvalue weighted by molar-refractivity contribution is 0.686. The molecule has 3 heteroatoms. The van der Waals surface area contributed by atoms with Crippen molar-refractivity contribution >= 4 is 11.3 Å². The van der Waals surface area contributed by atoms with Crippen molar-refractivity contribution in [2.45, 2.75) is 40.0 Å². The molecule has 2 rings (SSSR count). The Bertz CT molecular complexity index is 532. The van der Waals surface area contributed by atoms with E-state index in [0.717, 1.165) is 12.1 Å². The first-order chi connectivity index (χ1) is 8.99. The molecule has 19 heavy (non-hydrogen) atoms. The van der Waals surface area contributed by atoms with E-state index < -0.39 is 0 Å². The summed E-state index contributed by atoms with van der Waals surface area (Å²) in [6.07, 6.45) is 0.978. The van der Waals surface area contributed by atoms with Crippen molar-refractivity contribution in [3.63, 3.8) is 0 Å². The predicted octanol–water partition coefficient (Wildman–Crippen LogP) is 3.66. The Morgan fingerprint density at radius 2 is 1.74 bits per heavy atom. The minimum Gasteiger partial charge on any atom is -0.330 e. The highest BCUT2D eigenvalue weighted by Gasteiger charge is 2.16. The predicted molar refractivity (Wildman–Crippen MR) is 83.0 cm³/mol. The highest BCUT2D eigenvalue weighted by molar-refractivity contribution is 7.11. The molecule has 2 nitrogen and oxygen atoms in total. The van der Waals surface area contributed by atoms with Gasteiger partial charge in [-0.15, -0.1) is 11.3 Å². The molecule has 1 atom stereocenters. The number of hydrogen-bond acceptors (Lipinski definition) is 3. The third-order valence-corrected chi connectivity index (χ3v) is 4.68. The van der Waals surface area contributed by atoms with Gasteiger partial charge in [-0.3, -0.25) is 0 Å². The lowest BCUT2D eigenvalue weighted by atomic mass is 9.97. The SMILES string of the molecule is Cc1cc(C)cc(CC(CN)c2nc(C)c(C)s2)c1. The van der Waals surface area contributed by atoms with Crippen LogP contribution in [0.25, 0.3) is 0 Å². The number of hydrogen-bond donors (Lipinski definition) is 1. The highest BCUT2D eigenvalue weighted by Crippen LogP contribution is 2.27. The average Bonchev–Trinajstić information content (AvgIpc) is 2.65. The second-order valence-electron chi connectivity index (χ2n) is 5.33. The largest absolute Gasteiger partial charge is 0.330 e. The van der Waals surface area contributed by atoms with Gasteiger partial charge in [0, 0.05) is 17.3 Å². The molecule has 0 saturated carbocycles. The molecule has 0 aliphatic carbocycles. The van der Waals surface area contributed by atoms with E-state index in [-0.39, 0.29) is 0 Å². The van der Waals surface area contributed by atoms with Crippen LogP contribution < -0.4 is 5.73 Å². The molecule has 1 unspecified atom stereocenters. The van der Waals surface area contributed by atoms with Crippen LogP contribution in [0.2, 0.25) is 0 Å². The molecule has 0 radical (unpaired) electrons. The fraction of sp³-hybridized carbons (Fsp3) is 0.438. The first-order valence-corrected chi connectivity index (χ1v) is 7.52. The highest BCUT2D eigenvalue weighted by atomic mass is 32.1. The molecule has 1 aromatic carbocycles. The van der Waals surface area contributed by atoms with Crippen LogP contribution in [0, 0.1) is 27.7 Å². The van der Waals surface area contributed by atoms with Gasteiger partial charge in [-0.25, -0.2) is 4.98 Å². The van der Waals surface area contributed by atoms with Crippen molar-refractivity contribution in [1.82, 2.24) is 4.98 Å². The van der Waals surface area contributed by atoms with Crippen molar-refractivity contribution in [1.29, 1.82) is 0 Å². The van der Waals surface area contributed by atoms with E-state index >= 15 is 0 Å². The molecular weight excluding hydrogens is 252 g/mol. The number of thiazole rings is 1. The van der Waals surface area contributed by atoms with Gasteiger partial charge in [0.15, 0.2) is 0 Å². The van der Waals surface area contributed by atoms with Gasteiger partial charge >= 0.3 is 0 Å². The second-order valence-corrected chi connectivity index (χ2v) is 6.56. The number of rotatable bonds is 4. The topological polar surface area (TPSA) is 38.9 Å². The van der Waals surface area contributed by atoms with Crippen molar-refractivity contribution in [2.24, 2.45) is 5.73 Å². The monoisotopic (exact) mass is 274 g/mol. The fourth-order valence-corrected chi connectivity index (χ4v) is 3.45. The molecular formula is C16H22N2S. The third-order valence-electron chi connectivity index (χ3n) is 3.44. The second kappa shape index (κ2) is 5.85. The first-order valence-electron chi connectivity index (χ1n) is 6.70. The molecule has 0 aliphatic rings. The quantitative estimate of drug-likeness (QED) is 0.924. The summed E-state index contributed by atoms with van der Waals surface area (Å²) in [5, 5.41) is 1.18. The number of aryl methyl sites for hydroxylation is 4. The van der Waals surface area contributed by atoms with E-state index in [1.807, 2.05) is 0 Å². The van der Waals surface area contributed by atoms with Crippen LogP contribution in [0.4, 0.5) is 0 Å². The zero-order valence-electron chi connectivity index (χ0n) is 12.2. The Kier molecular flexibility index (Phi) is 4.38. The van der Waals surface area contributed by atoms with Crippen molar-refractivity contribution in [3.8, 4) is 0 Å². The van der Waals surface area contributed by atoms with Gasteiger partial charge in [-0.2, -0.15) is 0 Å². The van der Waals surface area contributed by atoms with E-state index in [0.29, 0.717) is 12.5 Å². The molecule has 1 heterocycles. The molecule has 0 bridgehead atoms. The Labute approximate surface area is 119 Å². The van der Waals surface area contributed by atoms with E-state index in [2.05, 4.69) is 50.9 Å². The molecule has 0 amide bonds. The van der Waals surface area contributed by atoms with Gasteiger partial charge in [0.2, 0.25) is 0 Å². The van der Waals surface area contributed by atoms with Gasteiger partial charge in [-0.1, -0.05) is 29.3 Å². The van der Waals surface area contributed by atoms with Crippen LogP contribution in [0.5, 0.6) is 0 Å². The molecule has 102 valence electrons. The molecule has 2 N–H and O–H groups in total. The van der Waals surface area contributed by atoms with Gasteiger partial charge in [0.1, 0.15) is 0 Å². The van der Waals surface area contributed by atoms with Crippen molar-refractivity contribution in [3.05, 3.63) is 50.5 Å². The summed E-state index contributed by atoms with van der Waals surface area (Å²) in [4.78, 5) is 5.96. The zero-order chi connectivity index (χ0) is 14.0. The van der Waals surface area contributed by atoms with E-state index in [1.54, 1.807) is 11.3 Å². The molecule has 0 spiro atoms. The third kappa shape index (κ3) is 3.43. The Morgan fingerprint density at radius 1 is 1.11 bits per heavy atom. The van der Waals surface area contributed by atoms with Gasteiger partial charge < -0.3 is 5.73 Å². The Hall–Kier alpha value is -1.19. The van der Waals surface area contributed by atoms with Crippen LogP contribution in [0.1, 0.15) is 38.2 Å². The number of nitrogens with two attached hydrogens (primary N) is 1. The van der Waals surface area contributed by atoms with E-state index in [4.69, 9.17) is 5.73 Å².